The number of hydrogen-bond acceptors (Lipinski definition) is 14. The largest absolute Gasteiger partial charge is 0.487 e. The van der Waals surface area contributed by atoms with Crippen molar-refractivity contribution in [2.24, 2.45) is 0 Å². The van der Waals surface area contributed by atoms with Gasteiger partial charge in [-0.3, -0.25) is 9.58 Å². The van der Waals surface area contributed by atoms with Gasteiger partial charge in [0.2, 0.25) is 5.95 Å². The van der Waals surface area contributed by atoms with E-state index in [1.165, 1.54) is 0 Å². The monoisotopic (exact) mass is 768 g/mol. The van der Waals surface area contributed by atoms with Crippen LogP contribution < -0.4 is 14.8 Å². The maximum Gasteiger partial charge on any atom is 0.256 e. The molecule has 6 rings (SSSR count). The third-order valence-corrected chi connectivity index (χ3v) is 9.82. The van der Waals surface area contributed by atoms with Crippen LogP contribution in [0.15, 0.2) is 43.1 Å². The lowest BCUT2D eigenvalue weighted by Gasteiger charge is -2.42. The standard InChI is InChI=1S/C37H53ClN10O6/c1-26-21-46(22-27(2)53-26)31-7-9-32(10-8-31)48-24-34(36(43-48)52-13-5-12-50-16-17-51-15-14-49-4)42-37-39-19-30(20-40-37)29-6-11-33(38)35(18-29)54-28(3)23-47-25-41-44-45-47/h6,11,18-20,24-28,31-32H,5,7-10,12-17,21-23H2,1-4H3,(H,39,40,42)/t26-,27+,28-,31?,32?/m0/s1. The van der Waals surface area contributed by atoms with Crippen molar-refractivity contribution >= 4 is 23.2 Å². The minimum atomic E-state index is -0.216. The van der Waals surface area contributed by atoms with Gasteiger partial charge in [0.1, 0.15) is 23.9 Å². The van der Waals surface area contributed by atoms with Crippen molar-refractivity contribution in [3.63, 3.8) is 0 Å². The predicted octanol–water partition coefficient (Wildman–Crippen LogP) is 5.23. The Labute approximate surface area is 321 Å². The first-order valence-electron chi connectivity index (χ1n) is 18.9. The Bertz CT molecular complexity index is 1680. The summed E-state index contributed by atoms with van der Waals surface area (Å²) < 4.78 is 38.2. The third kappa shape index (κ3) is 11.5. The molecule has 3 atom stereocenters. The Morgan fingerprint density at radius 2 is 1.65 bits per heavy atom. The van der Waals surface area contributed by atoms with Crippen molar-refractivity contribution in [1.29, 1.82) is 0 Å². The predicted molar refractivity (Wildman–Crippen MR) is 202 cm³/mol. The van der Waals surface area contributed by atoms with Crippen molar-refractivity contribution in [2.45, 2.75) is 89.8 Å². The van der Waals surface area contributed by atoms with Crippen LogP contribution in [0.25, 0.3) is 11.1 Å². The number of nitrogens with zero attached hydrogens (tertiary/aromatic N) is 9. The molecule has 2 aliphatic rings. The number of tetrazole rings is 1. The highest BCUT2D eigenvalue weighted by atomic mass is 35.5. The molecule has 1 N–H and O–H groups in total. The molecule has 16 nitrogen and oxygen atoms in total. The van der Waals surface area contributed by atoms with E-state index in [0.29, 0.717) is 86.9 Å². The summed E-state index contributed by atoms with van der Waals surface area (Å²) in [5.74, 6) is 1.49. The van der Waals surface area contributed by atoms with Crippen LogP contribution in [0.1, 0.15) is 58.9 Å². The highest BCUT2D eigenvalue weighted by Gasteiger charge is 2.32. The summed E-state index contributed by atoms with van der Waals surface area (Å²) in [4.78, 5) is 11.9. The summed E-state index contributed by atoms with van der Waals surface area (Å²) in [5, 5.41) is 20.0. The van der Waals surface area contributed by atoms with Gasteiger partial charge >= 0.3 is 0 Å². The smallest absolute Gasteiger partial charge is 0.256 e. The number of rotatable bonds is 20. The molecule has 0 spiro atoms. The molecule has 1 aromatic carbocycles. The topological polar surface area (TPSA) is 158 Å². The zero-order valence-corrected chi connectivity index (χ0v) is 32.4. The summed E-state index contributed by atoms with van der Waals surface area (Å²) in [6, 6.07) is 6.44. The number of ether oxygens (including phenoxy) is 6. The maximum absolute atomic E-state index is 6.48. The van der Waals surface area contributed by atoms with E-state index in [4.69, 9.17) is 45.1 Å². The van der Waals surface area contributed by atoms with Crippen LogP contribution in [0.5, 0.6) is 11.6 Å². The van der Waals surface area contributed by atoms with Crippen molar-refractivity contribution in [3.8, 4) is 22.8 Å². The Balaban J connectivity index is 1.08. The van der Waals surface area contributed by atoms with Gasteiger partial charge in [0, 0.05) is 57.2 Å². The molecule has 17 heteroatoms. The Kier molecular flexibility index (Phi) is 14.8. The van der Waals surface area contributed by atoms with E-state index in [1.54, 1.807) is 36.6 Å². The number of nitrogens with one attached hydrogen (secondary N) is 1. The first-order valence-corrected chi connectivity index (χ1v) is 19.2. The molecule has 1 aliphatic heterocycles. The van der Waals surface area contributed by atoms with Gasteiger partial charge in [0.15, 0.2) is 0 Å². The van der Waals surface area contributed by atoms with Crippen LogP contribution in [0, 0.1) is 0 Å². The van der Waals surface area contributed by atoms with Gasteiger partial charge in [-0.05, 0) is 74.6 Å². The highest BCUT2D eigenvalue weighted by Crippen LogP contribution is 2.36. The van der Waals surface area contributed by atoms with E-state index < -0.39 is 0 Å². The van der Waals surface area contributed by atoms with E-state index in [9.17, 15) is 0 Å². The number of morpholine rings is 1. The number of halogens is 1. The van der Waals surface area contributed by atoms with Crippen molar-refractivity contribution in [2.75, 3.05) is 65.2 Å². The quantitative estimate of drug-likeness (QED) is 0.117. The van der Waals surface area contributed by atoms with Gasteiger partial charge in [-0.25, -0.2) is 14.6 Å². The lowest BCUT2D eigenvalue weighted by Crippen LogP contribution is -2.51. The van der Waals surface area contributed by atoms with E-state index in [-0.39, 0.29) is 24.4 Å². The maximum atomic E-state index is 6.48. The summed E-state index contributed by atoms with van der Waals surface area (Å²) >= 11 is 6.48. The van der Waals surface area contributed by atoms with Gasteiger partial charge < -0.3 is 33.7 Å². The number of methoxy groups -OCH3 is 1. The summed E-state index contributed by atoms with van der Waals surface area (Å²) in [6.07, 6.45) is 12.4. The van der Waals surface area contributed by atoms with Crippen LogP contribution in [0.3, 0.4) is 0 Å². The van der Waals surface area contributed by atoms with Crippen molar-refractivity contribution in [3.05, 3.63) is 48.1 Å². The van der Waals surface area contributed by atoms with Gasteiger partial charge in [-0.1, -0.05) is 17.7 Å². The molecule has 54 heavy (non-hydrogen) atoms. The molecule has 1 aliphatic carbocycles. The Morgan fingerprint density at radius 1 is 0.926 bits per heavy atom. The number of hydrogen-bond donors (Lipinski definition) is 1. The van der Waals surface area contributed by atoms with Crippen LogP contribution in [-0.4, -0.2) is 129 Å². The molecule has 2 fully saturated rings. The molecular formula is C37H53ClN10O6. The highest BCUT2D eigenvalue weighted by molar-refractivity contribution is 6.32. The molecule has 1 saturated carbocycles. The average Bonchev–Trinajstić information content (AvgIpc) is 3.83. The second-order valence-electron chi connectivity index (χ2n) is 13.9. The molecule has 4 heterocycles. The molecule has 3 aromatic heterocycles. The first kappa shape index (κ1) is 39.8. The van der Waals surface area contributed by atoms with Crippen LogP contribution >= 0.6 is 11.6 Å². The molecule has 4 aromatic rings. The summed E-state index contributed by atoms with van der Waals surface area (Å²) in [5.41, 5.74) is 2.40. The molecule has 0 bridgehead atoms. The fraction of sp³-hybridized carbons (Fsp3) is 0.622. The molecule has 0 amide bonds. The van der Waals surface area contributed by atoms with E-state index in [2.05, 4.69) is 54.2 Å². The second-order valence-corrected chi connectivity index (χ2v) is 14.4. The van der Waals surface area contributed by atoms with Crippen LogP contribution in [0.2, 0.25) is 5.02 Å². The minimum absolute atomic E-state index is 0.216. The second kappa shape index (κ2) is 20.1. The zero-order chi connectivity index (χ0) is 37.7. The molecular weight excluding hydrogens is 716 g/mol. The van der Waals surface area contributed by atoms with Gasteiger partial charge in [0.05, 0.1) is 69.0 Å². The molecule has 0 radical (unpaired) electrons. The number of benzene rings is 1. The Hall–Kier alpha value is -3.93. The summed E-state index contributed by atoms with van der Waals surface area (Å²) in [6.45, 7) is 11.9. The third-order valence-electron chi connectivity index (χ3n) is 9.50. The average molecular weight is 769 g/mol. The van der Waals surface area contributed by atoms with E-state index in [0.717, 1.165) is 49.9 Å². The summed E-state index contributed by atoms with van der Waals surface area (Å²) in [7, 11) is 1.66. The van der Waals surface area contributed by atoms with Crippen molar-refractivity contribution in [1.82, 2.24) is 44.9 Å². The minimum Gasteiger partial charge on any atom is -0.487 e. The number of aromatic nitrogens is 8. The lowest BCUT2D eigenvalue weighted by molar-refractivity contribution is -0.0852. The first-order chi connectivity index (χ1) is 26.3. The zero-order valence-electron chi connectivity index (χ0n) is 31.7. The molecule has 0 unspecified atom stereocenters. The SMILES string of the molecule is COCCOCCOCCCOc1nn(C2CCC(N3C[C@@H](C)O[C@@H](C)C3)CC2)cc1Nc1ncc(-c2ccc(Cl)c(O[C@@H](C)Cn3cnnn3)c2)cn1. The van der Waals surface area contributed by atoms with Crippen LogP contribution in [-0.2, 0) is 25.5 Å². The Morgan fingerprint density at radius 3 is 2.37 bits per heavy atom. The van der Waals surface area contributed by atoms with Crippen LogP contribution in [0.4, 0.5) is 11.6 Å². The fourth-order valence-electron chi connectivity index (χ4n) is 6.97. The number of anilines is 2. The van der Waals surface area contributed by atoms with Gasteiger partial charge in [-0.15, -0.1) is 10.2 Å². The molecule has 294 valence electrons. The van der Waals surface area contributed by atoms with Crippen molar-refractivity contribution < 1.29 is 28.4 Å². The lowest BCUT2D eigenvalue weighted by atomic mass is 9.89. The fourth-order valence-corrected chi connectivity index (χ4v) is 7.13. The van der Waals surface area contributed by atoms with E-state index in [1.807, 2.05) is 25.3 Å². The normalized spacial score (nSPS) is 21.2. The van der Waals surface area contributed by atoms with Gasteiger partial charge in [0.25, 0.3) is 5.88 Å². The van der Waals surface area contributed by atoms with E-state index >= 15 is 0 Å². The molecule has 1 saturated heterocycles. The van der Waals surface area contributed by atoms with Gasteiger partial charge in [-0.2, -0.15) is 0 Å².